The van der Waals surface area contributed by atoms with Gasteiger partial charge in [0.2, 0.25) is 5.95 Å². The van der Waals surface area contributed by atoms with Gasteiger partial charge in [0.05, 0.1) is 6.26 Å². The predicted molar refractivity (Wildman–Crippen MR) is 103 cm³/mol. The van der Waals surface area contributed by atoms with Crippen LogP contribution in [0, 0.1) is 0 Å². The van der Waals surface area contributed by atoms with Crippen LogP contribution in [0.1, 0.15) is 23.0 Å². The fraction of sp³-hybridized carbons (Fsp3) is 0.100. The van der Waals surface area contributed by atoms with E-state index in [4.69, 9.17) is 4.42 Å². The van der Waals surface area contributed by atoms with Crippen molar-refractivity contribution in [3.63, 3.8) is 0 Å². The summed E-state index contributed by atoms with van der Waals surface area (Å²) in [7, 11) is 0. The van der Waals surface area contributed by atoms with Crippen LogP contribution < -0.4 is 10.9 Å². The number of rotatable bonds is 5. The third-order valence-corrected chi connectivity index (χ3v) is 4.11. The number of anilines is 1. The molecule has 1 aromatic carbocycles. The van der Waals surface area contributed by atoms with Crippen LogP contribution in [0.2, 0.25) is 0 Å². The Labute approximate surface area is 159 Å². The second-order valence-corrected chi connectivity index (χ2v) is 6.04. The molecule has 4 aromatic rings. The Morgan fingerprint density at radius 3 is 2.71 bits per heavy atom. The van der Waals surface area contributed by atoms with Gasteiger partial charge >= 0.3 is 0 Å². The smallest absolute Gasteiger partial charge is 0.256 e. The molecule has 1 amide bonds. The van der Waals surface area contributed by atoms with Gasteiger partial charge in [-0.05, 0) is 30.7 Å². The summed E-state index contributed by atoms with van der Waals surface area (Å²) in [6, 6.07) is 15.4. The topological polar surface area (TPSA) is 106 Å². The van der Waals surface area contributed by atoms with Crippen LogP contribution >= 0.6 is 0 Å². The minimum absolute atomic E-state index is 0.213. The highest BCUT2D eigenvalue weighted by Crippen LogP contribution is 2.24. The molecule has 0 aliphatic heterocycles. The molecule has 0 saturated carbocycles. The fourth-order valence-corrected chi connectivity index (χ4v) is 2.73. The summed E-state index contributed by atoms with van der Waals surface area (Å²) in [5.41, 5.74) is 1.32. The lowest BCUT2D eigenvalue weighted by Gasteiger charge is -2.08. The molecule has 0 spiro atoms. The van der Waals surface area contributed by atoms with Gasteiger partial charge in [-0.2, -0.15) is 9.78 Å². The Morgan fingerprint density at radius 2 is 2.00 bits per heavy atom. The number of carbonyl (C=O) groups excluding carboxylic acids is 1. The van der Waals surface area contributed by atoms with Gasteiger partial charge in [-0.3, -0.25) is 14.6 Å². The van der Waals surface area contributed by atoms with E-state index in [1.807, 2.05) is 13.0 Å². The molecule has 8 nitrogen and oxygen atoms in total. The van der Waals surface area contributed by atoms with Gasteiger partial charge in [0.25, 0.3) is 11.5 Å². The molecule has 0 bridgehead atoms. The van der Waals surface area contributed by atoms with E-state index >= 15 is 0 Å². The van der Waals surface area contributed by atoms with Crippen molar-refractivity contribution in [1.82, 2.24) is 19.7 Å². The number of benzene rings is 1. The summed E-state index contributed by atoms with van der Waals surface area (Å²) in [5.74, 6) is 0.798. The molecule has 0 fully saturated rings. The number of furan rings is 1. The minimum Gasteiger partial charge on any atom is -0.463 e. The number of aryl methyl sites for hydroxylation is 1. The normalized spacial score (nSPS) is 10.8. The molecule has 28 heavy (non-hydrogen) atoms. The number of aromatic nitrogens is 4. The molecule has 0 radical (unpaired) electrons. The standard InChI is InChI=1S/C20H17N5O3/c1-2-14-11-18(26)23-20(21-14)25-17(12-15(24-25)16-9-6-10-28-16)22-19(27)13-7-4-3-5-8-13/h3-12H,2H2,1H3,(H,22,27)(H,21,23,26). The summed E-state index contributed by atoms with van der Waals surface area (Å²) in [6.45, 7) is 1.90. The number of amides is 1. The monoisotopic (exact) mass is 375 g/mol. The van der Waals surface area contributed by atoms with Crippen LogP contribution in [0.15, 0.2) is 70.1 Å². The third kappa shape index (κ3) is 3.48. The Balaban J connectivity index is 1.79. The molecule has 0 atom stereocenters. The summed E-state index contributed by atoms with van der Waals surface area (Å²) in [6.07, 6.45) is 2.13. The summed E-state index contributed by atoms with van der Waals surface area (Å²) in [4.78, 5) is 31.7. The summed E-state index contributed by atoms with van der Waals surface area (Å²) < 4.78 is 6.79. The van der Waals surface area contributed by atoms with Crippen molar-refractivity contribution in [3.8, 4) is 17.4 Å². The largest absolute Gasteiger partial charge is 0.463 e. The van der Waals surface area contributed by atoms with Gasteiger partial charge < -0.3 is 9.73 Å². The van der Waals surface area contributed by atoms with E-state index in [9.17, 15) is 9.59 Å². The molecule has 140 valence electrons. The van der Waals surface area contributed by atoms with Crippen LogP contribution in [0.25, 0.3) is 17.4 Å². The molecule has 3 aromatic heterocycles. The molecule has 2 N–H and O–H groups in total. The Hall–Kier alpha value is -3.94. The molecule has 4 rings (SSSR count). The molecule has 0 aliphatic rings. The zero-order chi connectivity index (χ0) is 19.5. The Bertz CT molecular complexity index is 1160. The second-order valence-electron chi connectivity index (χ2n) is 6.04. The van der Waals surface area contributed by atoms with Crippen LogP contribution in [0.4, 0.5) is 5.82 Å². The Kier molecular flexibility index (Phi) is 4.59. The molecule has 0 saturated heterocycles. The van der Waals surface area contributed by atoms with Crippen LogP contribution in [0.5, 0.6) is 0 Å². The molecule has 0 unspecified atom stereocenters. The first-order valence-electron chi connectivity index (χ1n) is 8.75. The fourth-order valence-electron chi connectivity index (χ4n) is 2.73. The van der Waals surface area contributed by atoms with E-state index in [0.29, 0.717) is 35.0 Å². The highest BCUT2D eigenvalue weighted by molar-refractivity contribution is 6.04. The average molecular weight is 375 g/mol. The van der Waals surface area contributed by atoms with Crippen molar-refractivity contribution < 1.29 is 9.21 Å². The first-order chi connectivity index (χ1) is 13.6. The number of nitrogens with zero attached hydrogens (tertiary/aromatic N) is 3. The zero-order valence-electron chi connectivity index (χ0n) is 15.0. The lowest BCUT2D eigenvalue weighted by atomic mass is 10.2. The van der Waals surface area contributed by atoms with E-state index < -0.39 is 0 Å². The van der Waals surface area contributed by atoms with Gasteiger partial charge in [0.1, 0.15) is 11.5 Å². The lowest BCUT2D eigenvalue weighted by Crippen LogP contribution is -2.19. The van der Waals surface area contributed by atoms with Crippen LogP contribution in [-0.4, -0.2) is 25.7 Å². The van der Waals surface area contributed by atoms with Gasteiger partial charge in [0.15, 0.2) is 5.76 Å². The minimum atomic E-state index is -0.304. The number of carbonyl (C=O) groups is 1. The van der Waals surface area contributed by atoms with Crippen molar-refractivity contribution in [2.24, 2.45) is 0 Å². The quantitative estimate of drug-likeness (QED) is 0.558. The molecule has 8 heteroatoms. The van der Waals surface area contributed by atoms with Gasteiger partial charge in [0, 0.05) is 23.4 Å². The predicted octanol–water partition coefficient (Wildman–Crippen LogP) is 3.03. The summed E-state index contributed by atoms with van der Waals surface area (Å²) in [5, 5.41) is 7.28. The molecule has 3 heterocycles. The van der Waals surface area contributed by atoms with Gasteiger partial charge in [-0.15, -0.1) is 0 Å². The lowest BCUT2D eigenvalue weighted by molar-refractivity contribution is 0.102. The number of nitrogens with one attached hydrogen (secondary N) is 2. The molecular formula is C20H17N5O3. The zero-order valence-corrected chi connectivity index (χ0v) is 15.0. The first kappa shape index (κ1) is 17.5. The van der Waals surface area contributed by atoms with E-state index in [-0.39, 0.29) is 17.4 Å². The third-order valence-electron chi connectivity index (χ3n) is 4.11. The van der Waals surface area contributed by atoms with E-state index in [2.05, 4.69) is 20.4 Å². The second kappa shape index (κ2) is 7.36. The van der Waals surface area contributed by atoms with Crippen molar-refractivity contribution in [2.75, 3.05) is 5.32 Å². The molecule has 0 aliphatic carbocycles. The van der Waals surface area contributed by atoms with E-state index in [0.717, 1.165) is 0 Å². The van der Waals surface area contributed by atoms with Crippen molar-refractivity contribution in [2.45, 2.75) is 13.3 Å². The SMILES string of the molecule is CCc1cc(=O)[nH]c(-n2nc(-c3ccco3)cc2NC(=O)c2ccccc2)n1. The Morgan fingerprint density at radius 1 is 1.18 bits per heavy atom. The van der Waals surface area contributed by atoms with E-state index in [1.165, 1.54) is 17.0 Å². The van der Waals surface area contributed by atoms with Gasteiger partial charge in [-0.25, -0.2) is 4.98 Å². The first-order valence-corrected chi connectivity index (χ1v) is 8.75. The maximum atomic E-state index is 12.6. The number of hydrogen-bond acceptors (Lipinski definition) is 5. The summed E-state index contributed by atoms with van der Waals surface area (Å²) >= 11 is 0. The van der Waals surface area contributed by atoms with E-state index in [1.54, 1.807) is 42.5 Å². The van der Waals surface area contributed by atoms with Crippen LogP contribution in [0.3, 0.4) is 0 Å². The van der Waals surface area contributed by atoms with Crippen LogP contribution in [-0.2, 0) is 6.42 Å². The highest BCUT2D eigenvalue weighted by Gasteiger charge is 2.17. The maximum Gasteiger partial charge on any atom is 0.256 e. The van der Waals surface area contributed by atoms with Crippen molar-refractivity contribution in [1.29, 1.82) is 0 Å². The van der Waals surface area contributed by atoms with Crippen molar-refractivity contribution in [3.05, 3.63) is 82.5 Å². The highest BCUT2D eigenvalue weighted by atomic mass is 16.3. The number of aromatic amines is 1. The number of H-pyrrole nitrogens is 1. The number of hydrogen-bond donors (Lipinski definition) is 2. The maximum absolute atomic E-state index is 12.6. The van der Waals surface area contributed by atoms with Crippen molar-refractivity contribution >= 4 is 11.7 Å². The molecular weight excluding hydrogens is 358 g/mol. The average Bonchev–Trinajstić information content (AvgIpc) is 3.38. The van der Waals surface area contributed by atoms with Gasteiger partial charge in [-0.1, -0.05) is 25.1 Å².